The molecule has 4 aliphatic carbocycles. The monoisotopic (exact) mass is 334 g/mol. The van der Waals surface area contributed by atoms with Gasteiger partial charge in [-0.05, 0) is 95.7 Å². The maximum absolute atomic E-state index is 6.64. The lowest BCUT2D eigenvalue weighted by molar-refractivity contribution is -0.0465. The molecule has 0 saturated heterocycles. The van der Waals surface area contributed by atoms with E-state index in [-0.39, 0.29) is 0 Å². The predicted octanol–water partition coefficient (Wildman–Crippen LogP) is 3.79. The SMILES string of the molecule is NC(Cc1cncc(Br)c1)C1C2CC3CC(C2)CC1C3. The standard InChI is InChI=1S/C17H23BrN2/c18-15-6-12(8-20-9-15)7-16(19)17-13-2-10-1-11(4-13)5-14(17)3-10/h6,8-11,13-14,16-17H,1-5,7,19H2. The highest BCUT2D eigenvalue weighted by molar-refractivity contribution is 9.10. The molecule has 4 bridgehead atoms. The summed E-state index contributed by atoms with van der Waals surface area (Å²) in [5.74, 6) is 4.67. The highest BCUT2D eigenvalue weighted by Gasteiger charge is 2.49. The first kappa shape index (κ1) is 13.3. The third-order valence-electron chi connectivity index (χ3n) is 6.03. The van der Waals surface area contributed by atoms with Crippen molar-refractivity contribution >= 4 is 15.9 Å². The molecule has 108 valence electrons. The molecule has 1 unspecified atom stereocenters. The first-order valence-corrected chi connectivity index (χ1v) is 8.83. The summed E-state index contributed by atoms with van der Waals surface area (Å²) in [4.78, 5) is 4.27. The summed E-state index contributed by atoms with van der Waals surface area (Å²) in [7, 11) is 0. The van der Waals surface area contributed by atoms with Crippen molar-refractivity contribution in [1.29, 1.82) is 0 Å². The molecule has 1 heterocycles. The summed E-state index contributed by atoms with van der Waals surface area (Å²) < 4.78 is 1.06. The fourth-order valence-electron chi connectivity index (χ4n) is 5.64. The Hall–Kier alpha value is -0.410. The average molecular weight is 335 g/mol. The van der Waals surface area contributed by atoms with E-state index in [1.807, 2.05) is 12.4 Å². The number of nitrogens with zero attached hydrogens (tertiary/aromatic N) is 1. The van der Waals surface area contributed by atoms with Crippen LogP contribution >= 0.6 is 15.9 Å². The Morgan fingerprint density at radius 2 is 1.75 bits per heavy atom. The van der Waals surface area contributed by atoms with Gasteiger partial charge in [0.25, 0.3) is 0 Å². The Kier molecular flexibility index (Phi) is 3.38. The lowest BCUT2D eigenvalue weighted by Crippen LogP contribution is -2.52. The third-order valence-corrected chi connectivity index (χ3v) is 6.46. The van der Waals surface area contributed by atoms with Crippen molar-refractivity contribution in [2.24, 2.45) is 35.3 Å². The molecule has 0 aromatic carbocycles. The molecule has 0 radical (unpaired) electrons. The predicted molar refractivity (Wildman–Crippen MR) is 84.2 cm³/mol. The van der Waals surface area contributed by atoms with E-state index in [0.29, 0.717) is 6.04 Å². The van der Waals surface area contributed by atoms with Crippen LogP contribution in [0.5, 0.6) is 0 Å². The molecule has 4 saturated carbocycles. The third kappa shape index (κ3) is 2.33. The zero-order chi connectivity index (χ0) is 13.7. The molecule has 20 heavy (non-hydrogen) atoms. The molecule has 3 heteroatoms. The zero-order valence-electron chi connectivity index (χ0n) is 11.8. The first-order chi connectivity index (χ1) is 9.69. The molecule has 0 amide bonds. The highest BCUT2D eigenvalue weighted by Crippen LogP contribution is 2.57. The van der Waals surface area contributed by atoms with Crippen LogP contribution in [0.2, 0.25) is 0 Å². The number of aromatic nitrogens is 1. The number of rotatable bonds is 3. The summed E-state index contributed by atoms with van der Waals surface area (Å²) in [6, 6.07) is 2.49. The molecule has 4 fully saturated rings. The Labute approximate surface area is 129 Å². The van der Waals surface area contributed by atoms with E-state index in [4.69, 9.17) is 5.73 Å². The van der Waals surface area contributed by atoms with Gasteiger partial charge in [-0.3, -0.25) is 4.98 Å². The average Bonchev–Trinajstić information content (AvgIpc) is 2.37. The van der Waals surface area contributed by atoms with Gasteiger partial charge in [0.15, 0.2) is 0 Å². The van der Waals surface area contributed by atoms with Gasteiger partial charge in [0.2, 0.25) is 0 Å². The zero-order valence-corrected chi connectivity index (χ0v) is 13.4. The van der Waals surface area contributed by atoms with E-state index in [1.165, 1.54) is 37.7 Å². The van der Waals surface area contributed by atoms with Gasteiger partial charge in [-0.25, -0.2) is 0 Å². The van der Waals surface area contributed by atoms with Crippen LogP contribution in [0.25, 0.3) is 0 Å². The van der Waals surface area contributed by atoms with Crippen LogP contribution in [0.3, 0.4) is 0 Å². The lowest BCUT2D eigenvalue weighted by Gasteiger charge is -2.56. The molecular formula is C17H23BrN2. The second-order valence-electron chi connectivity index (χ2n) is 7.39. The van der Waals surface area contributed by atoms with Gasteiger partial charge >= 0.3 is 0 Å². The van der Waals surface area contributed by atoms with Crippen molar-refractivity contribution in [2.45, 2.75) is 44.6 Å². The van der Waals surface area contributed by atoms with Crippen molar-refractivity contribution in [1.82, 2.24) is 4.98 Å². The number of halogens is 1. The quantitative estimate of drug-likeness (QED) is 0.913. The number of nitrogens with two attached hydrogens (primary N) is 1. The summed E-state index contributed by atoms with van der Waals surface area (Å²) in [6.45, 7) is 0. The fraction of sp³-hybridized carbons (Fsp3) is 0.706. The smallest absolute Gasteiger partial charge is 0.0410 e. The molecule has 0 spiro atoms. The van der Waals surface area contributed by atoms with E-state index < -0.39 is 0 Å². The molecule has 4 aliphatic rings. The molecule has 1 atom stereocenters. The maximum Gasteiger partial charge on any atom is 0.0410 e. The topological polar surface area (TPSA) is 38.9 Å². The molecule has 2 nitrogen and oxygen atoms in total. The van der Waals surface area contributed by atoms with Crippen LogP contribution in [-0.4, -0.2) is 11.0 Å². The Morgan fingerprint density at radius 1 is 1.10 bits per heavy atom. The van der Waals surface area contributed by atoms with Gasteiger partial charge < -0.3 is 5.73 Å². The largest absolute Gasteiger partial charge is 0.327 e. The molecular weight excluding hydrogens is 312 g/mol. The van der Waals surface area contributed by atoms with E-state index in [0.717, 1.165) is 40.5 Å². The molecule has 5 rings (SSSR count). The fourth-order valence-corrected chi connectivity index (χ4v) is 6.05. The van der Waals surface area contributed by atoms with E-state index in [1.54, 1.807) is 0 Å². The van der Waals surface area contributed by atoms with Crippen LogP contribution in [-0.2, 0) is 6.42 Å². The minimum Gasteiger partial charge on any atom is -0.327 e. The summed E-state index contributed by atoms with van der Waals surface area (Å²) in [5, 5.41) is 0. The van der Waals surface area contributed by atoms with Gasteiger partial charge in [0.1, 0.15) is 0 Å². The summed E-state index contributed by atoms with van der Waals surface area (Å²) in [5.41, 5.74) is 7.92. The van der Waals surface area contributed by atoms with E-state index in [2.05, 4.69) is 27.0 Å². The van der Waals surface area contributed by atoms with Crippen molar-refractivity contribution in [2.75, 3.05) is 0 Å². The second kappa shape index (κ2) is 5.10. The van der Waals surface area contributed by atoms with Crippen molar-refractivity contribution in [3.05, 3.63) is 28.5 Å². The maximum atomic E-state index is 6.64. The van der Waals surface area contributed by atoms with Crippen molar-refractivity contribution in [3.8, 4) is 0 Å². The first-order valence-electron chi connectivity index (χ1n) is 8.04. The van der Waals surface area contributed by atoms with Crippen LogP contribution in [0.1, 0.15) is 37.7 Å². The second-order valence-corrected chi connectivity index (χ2v) is 8.30. The molecule has 0 aliphatic heterocycles. The van der Waals surface area contributed by atoms with Crippen molar-refractivity contribution in [3.63, 3.8) is 0 Å². The van der Waals surface area contributed by atoms with E-state index in [9.17, 15) is 0 Å². The number of pyridine rings is 1. The Balaban J connectivity index is 1.50. The van der Waals surface area contributed by atoms with Crippen LogP contribution in [0, 0.1) is 29.6 Å². The van der Waals surface area contributed by atoms with E-state index >= 15 is 0 Å². The Morgan fingerprint density at radius 3 is 2.35 bits per heavy atom. The van der Waals surface area contributed by atoms with Crippen LogP contribution in [0.4, 0.5) is 0 Å². The van der Waals surface area contributed by atoms with Crippen LogP contribution < -0.4 is 5.73 Å². The van der Waals surface area contributed by atoms with Gasteiger partial charge in [-0.1, -0.05) is 0 Å². The lowest BCUT2D eigenvalue weighted by atomic mass is 9.50. The summed E-state index contributed by atoms with van der Waals surface area (Å²) in [6.07, 6.45) is 12.2. The highest BCUT2D eigenvalue weighted by atomic mass is 79.9. The Bertz CT molecular complexity index is 474. The van der Waals surface area contributed by atoms with Gasteiger partial charge in [-0.15, -0.1) is 0 Å². The van der Waals surface area contributed by atoms with Crippen molar-refractivity contribution < 1.29 is 0 Å². The van der Waals surface area contributed by atoms with Gasteiger partial charge in [0, 0.05) is 22.9 Å². The van der Waals surface area contributed by atoms with Gasteiger partial charge in [-0.2, -0.15) is 0 Å². The minimum absolute atomic E-state index is 0.320. The molecule has 1 aromatic heterocycles. The number of hydrogen-bond acceptors (Lipinski definition) is 2. The molecule has 2 N–H and O–H groups in total. The molecule has 1 aromatic rings. The minimum atomic E-state index is 0.320. The van der Waals surface area contributed by atoms with Crippen LogP contribution in [0.15, 0.2) is 22.9 Å². The number of hydrogen-bond donors (Lipinski definition) is 1. The normalized spacial score (nSPS) is 40.0. The summed E-state index contributed by atoms with van der Waals surface area (Å²) >= 11 is 3.51. The van der Waals surface area contributed by atoms with Gasteiger partial charge in [0.05, 0.1) is 0 Å².